The zero-order chi connectivity index (χ0) is 16.4. The summed E-state index contributed by atoms with van der Waals surface area (Å²) in [6, 6.07) is 16.4. The van der Waals surface area contributed by atoms with Crippen molar-refractivity contribution in [2.24, 2.45) is 5.73 Å². The molecular formula is C18H12ClN3O. The van der Waals surface area contributed by atoms with Crippen LogP contribution in [0.15, 0.2) is 60.9 Å². The van der Waals surface area contributed by atoms with Crippen molar-refractivity contribution in [2.75, 3.05) is 0 Å². The third-order valence-corrected chi connectivity index (χ3v) is 3.89. The van der Waals surface area contributed by atoms with E-state index in [-0.39, 0.29) is 0 Å². The molecule has 1 amide bonds. The van der Waals surface area contributed by atoms with Crippen LogP contribution in [-0.2, 0) is 0 Å². The Labute approximate surface area is 138 Å². The maximum Gasteiger partial charge on any atom is 0.248 e. The Kier molecular flexibility index (Phi) is 3.88. The van der Waals surface area contributed by atoms with Gasteiger partial charge in [0.05, 0.1) is 5.56 Å². The van der Waals surface area contributed by atoms with Gasteiger partial charge in [0.2, 0.25) is 5.91 Å². The summed E-state index contributed by atoms with van der Waals surface area (Å²) in [5.41, 5.74) is 8.59. The highest BCUT2D eigenvalue weighted by atomic mass is 35.5. The Morgan fingerprint density at radius 2 is 1.74 bits per heavy atom. The van der Waals surface area contributed by atoms with Crippen LogP contribution >= 0.6 is 11.6 Å². The predicted octanol–water partition coefficient (Wildman–Crippen LogP) is 3.77. The fraction of sp³-hybridized carbons (Fsp3) is 0. The smallest absolute Gasteiger partial charge is 0.248 e. The molecule has 0 saturated carbocycles. The standard InChI is InChI=1S/C18H12ClN3O/c19-17-4-2-1-3-15(17)16-11-22(10-13(16)9-20)14-7-5-12(6-8-14)18(21)23/h1-8,10-11H,(H2,21,23). The summed E-state index contributed by atoms with van der Waals surface area (Å²) in [4.78, 5) is 11.1. The Hall–Kier alpha value is -3.03. The third kappa shape index (κ3) is 2.83. The van der Waals surface area contributed by atoms with Crippen LogP contribution in [0.4, 0.5) is 0 Å². The van der Waals surface area contributed by atoms with Gasteiger partial charge in [0.15, 0.2) is 0 Å². The summed E-state index contributed by atoms with van der Waals surface area (Å²) in [6.45, 7) is 0. The zero-order valence-corrected chi connectivity index (χ0v) is 12.8. The molecule has 4 nitrogen and oxygen atoms in total. The number of benzene rings is 2. The van der Waals surface area contributed by atoms with Gasteiger partial charge in [-0.3, -0.25) is 4.79 Å². The molecule has 1 aromatic heterocycles. The van der Waals surface area contributed by atoms with E-state index in [0.29, 0.717) is 16.1 Å². The Bertz CT molecular complexity index is 920. The molecule has 0 unspecified atom stereocenters. The number of nitriles is 1. The second-order valence-electron chi connectivity index (χ2n) is 5.00. The van der Waals surface area contributed by atoms with Crippen LogP contribution in [0.1, 0.15) is 15.9 Å². The summed E-state index contributed by atoms with van der Waals surface area (Å²) in [6.07, 6.45) is 3.58. The van der Waals surface area contributed by atoms with Gasteiger partial charge in [-0.15, -0.1) is 0 Å². The van der Waals surface area contributed by atoms with Crippen molar-refractivity contribution in [1.29, 1.82) is 5.26 Å². The maximum absolute atomic E-state index is 11.1. The second kappa shape index (κ2) is 5.99. The number of halogens is 1. The SMILES string of the molecule is N#Cc1cn(-c2ccc(C(N)=O)cc2)cc1-c1ccccc1Cl. The number of aromatic nitrogens is 1. The number of hydrogen-bond donors (Lipinski definition) is 1. The molecule has 0 atom stereocenters. The van der Waals surface area contributed by atoms with Gasteiger partial charge in [-0.05, 0) is 30.3 Å². The van der Waals surface area contributed by atoms with E-state index in [4.69, 9.17) is 17.3 Å². The number of carbonyl (C=O) groups is 1. The van der Waals surface area contributed by atoms with Crippen molar-refractivity contribution < 1.29 is 4.79 Å². The minimum Gasteiger partial charge on any atom is -0.366 e. The van der Waals surface area contributed by atoms with Crippen LogP contribution in [0.25, 0.3) is 16.8 Å². The molecule has 0 aliphatic rings. The van der Waals surface area contributed by atoms with E-state index in [2.05, 4.69) is 6.07 Å². The molecule has 1 heterocycles. The van der Waals surface area contributed by atoms with Crippen LogP contribution in [0, 0.1) is 11.3 Å². The van der Waals surface area contributed by atoms with Gasteiger partial charge < -0.3 is 10.3 Å². The van der Waals surface area contributed by atoms with Crippen molar-refractivity contribution in [1.82, 2.24) is 4.57 Å². The molecule has 0 aliphatic carbocycles. The third-order valence-electron chi connectivity index (χ3n) is 3.56. The molecule has 0 saturated heterocycles. The molecule has 0 aliphatic heterocycles. The first-order valence-electron chi connectivity index (χ1n) is 6.87. The monoisotopic (exact) mass is 321 g/mol. The van der Waals surface area contributed by atoms with Gasteiger partial charge in [-0.25, -0.2) is 0 Å². The molecule has 5 heteroatoms. The molecular weight excluding hydrogens is 310 g/mol. The fourth-order valence-corrected chi connectivity index (χ4v) is 2.62. The highest BCUT2D eigenvalue weighted by Crippen LogP contribution is 2.31. The summed E-state index contributed by atoms with van der Waals surface area (Å²) >= 11 is 6.23. The summed E-state index contributed by atoms with van der Waals surface area (Å²) in [5, 5.41) is 9.97. The fourth-order valence-electron chi connectivity index (χ4n) is 2.38. The summed E-state index contributed by atoms with van der Waals surface area (Å²) < 4.78 is 1.82. The first-order chi connectivity index (χ1) is 11.1. The lowest BCUT2D eigenvalue weighted by molar-refractivity contribution is 0.100. The molecule has 0 fully saturated rings. The first kappa shape index (κ1) is 14.9. The molecule has 0 bridgehead atoms. The van der Waals surface area contributed by atoms with Crippen LogP contribution in [-0.4, -0.2) is 10.5 Å². The molecule has 3 rings (SSSR count). The van der Waals surface area contributed by atoms with Crippen LogP contribution in [0.3, 0.4) is 0 Å². The van der Waals surface area contributed by atoms with Crippen molar-refractivity contribution >= 4 is 17.5 Å². The average molecular weight is 322 g/mol. The molecule has 0 spiro atoms. The Morgan fingerprint density at radius 3 is 2.35 bits per heavy atom. The summed E-state index contributed by atoms with van der Waals surface area (Å²) in [5.74, 6) is -0.474. The number of rotatable bonds is 3. The van der Waals surface area contributed by atoms with Crippen molar-refractivity contribution in [2.45, 2.75) is 0 Å². The van der Waals surface area contributed by atoms with E-state index in [1.54, 1.807) is 36.5 Å². The second-order valence-corrected chi connectivity index (χ2v) is 5.40. The van der Waals surface area contributed by atoms with Gasteiger partial charge in [0, 0.05) is 39.8 Å². The van der Waals surface area contributed by atoms with Gasteiger partial charge in [0.1, 0.15) is 6.07 Å². The van der Waals surface area contributed by atoms with Crippen LogP contribution in [0.5, 0.6) is 0 Å². The zero-order valence-electron chi connectivity index (χ0n) is 12.0. The largest absolute Gasteiger partial charge is 0.366 e. The minimum absolute atomic E-state index is 0.438. The van der Waals surface area contributed by atoms with Crippen molar-refractivity contribution in [3.05, 3.63) is 77.1 Å². The Balaban J connectivity index is 2.08. The van der Waals surface area contributed by atoms with Crippen molar-refractivity contribution in [3.8, 4) is 22.9 Å². The van der Waals surface area contributed by atoms with Crippen LogP contribution < -0.4 is 5.73 Å². The average Bonchev–Trinajstić information content (AvgIpc) is 2.99. The molecule has 2 aromatic carbocycles. The Morgan fingerprint density at radius 1 is 1.04 bits per heavy atom. The quantitative estimate of drug-likeness (QED) is 0.797. The number of carbonyl (C=O) groups excluding carboxylic acids is 1. The number of amides is 1. The van der Waals surface area contributed by atoms with E-state index < -0.39 is 5.91 Å². The van der Waals surface area contributed by atoms with Gasteiger partial charge in [-0.2, -0.15) is 5.26 Å². The molecule has 112 valence electrons. The number of hydrogen-bond acceptors (Lipinski definition) is 2. The minimum atomic E-state index is -0.474. The van der Waals surface area contributed by atoms with Crippen LogP contribution in [0.2, 0.25) is 5.02 Å². The number of nitrogens with two attached hydrogens (primary N) is 1. The normalized spacial score (nSPS) is 10.3. The van der Waals surface area contributed by atoms with Gasteiger partial charge >= 0.3 is 0 Å². The molecule has 2 N–H and O–H groups in total. The maximum atomic E-state index is 11.1. The highest BCUT2D eigenvalue weighted by molar-refractivity contribution is 6.33. The molecule has 3 aromatic rings. The molecule has 0 radical (unpaired) electrons. The van der Waals surface area contributed by atoms with Crippen molar-refractivity contribution in [3.63, 3.8) is 0 Å². The van der Waals surface area contributed by atoms with E-state index in [9.17, 15) is 10.1 Å². The predicted molar refractivity (Wildman–Crippen MR) is 89.4 cm³/mol. The topological polar surface area (TPSA) is 71.8 Å². The highest BCUT2D eigenvalue weighted by Gasteiger charge is 2.12. The first-order valence-corrected chi connectivity index (χ1v) is 7.25. The lowest BCUT2D eigenvalue weighted by atomic mass is 10.1. The van der Waals surface area contributed by atoms with E-state index in [1.165, 1.54) is 0 Å². The molecule has 23 heavy (non-hydrogen) atoms. The number of nitrogens with zero attached hydrogens (tertiary/aromatic N) is 2. The number of primary amides is 1. The lowest BCUT2D eigenvalue weighted by Gasteiger charge is -2.04. The van der Waals surface area contributed by atoms with Gasteiger partial charge in [-0.1, -0.05) is 29.8 Å². The van der Waals surface area contributed by atoms with E-state index in [0.717, 1.165) is 16.8 Å². The van der Waals surface area contributed by atoms with Gasteiger partial charge in [0.25, 0.3) is 0 Å². The summed E-state index contributed by atoms with van der Waals surface area (Å²) in [7, 11) is 0. The van der Waals surface area contributed by atoms with E-state index in [1.807, 2.05) is 29.0 Å². The lowest BCUT2D eigenvalue weighted by Crippen LogP contribution is -2.10. The van der Waals surface area contributed by atoms with E-state index >= 15 is 0 Å².